The van der Waals surface area contributed by atoms with E-state index >= 15 is 0 Å². The second-order valence-electron chi connectivity index (χ2n) is 8.91. The van der Waals surface area contributed by atoms with Crippen molar-refractivity contribution in [2.45, 2.75) is 58.1 Å². The van der Waals surface area contributed by atoms with Crippen LogP contribution in [0.3, 0.4) is 0 Å². The Morgan fingerprint density at radius 3 is 1.71 bits per heavy atom. The Morgan fingerprint density at radius 2 is 1.20 bits per heavy atom. The standard InChI is InChI=1S/C30H40N2O2S/c1-7-24-22-27(32(10-4)11-5)18-21-29(24)30(35(33,34)28-19-12-23(6)13-20-28)25-14-16-26(17-15-25)31(8-2)9-3/h12-22,30H,7-11H2,1-6H3. The Labute approximate surface area is 212 Å². The molecule has 1 unspecified atom stereocenters. The maximum atomic E-state index is 14.2. The molecule has 0 N–H and O–H groups in total. The van der Waals surface area contributed by atoms with E-state index in [-0.39, 0.29) is 0 Å². The smallest absolute Gasteiger partial charge is 0.189 e. The molecule has 0 bridgehead atoms. The third kappa shape index (κ3) is 5.72. The molecule has 0 aromatic heterocycles. The molecule has 5 heteroatoms. The average Bonchev–Trinajstić information content (AvgIpc) is 2.87. The number of hydrogen-bond acceptors (Lipinski definition) is 4. The zero-order valence-corrected chi connectivity index (χ0v) is 22.9. The highest BCUT2D eigenvalue weighted by Gasteiger charge is 2.32. The van der Waals surface area contributed by atoms with E-state index in [9.17, 15) is 8.42 Å². The van der Waals surface area contributed by atoms with Crippen LogP contribution in [0.25, 0.3) is 0 Å². The molecule has 188 valence electrons. The fourth-order valence-corrected chi connectivity index (χ4v) is 6.65. The van der Waals surface area contributed by atoms with Crippen molar-refractivity contribution in [2.24, 2.45) is 0 Å². The lowest BCUT2D eigenvalue weighted by atomic mass is 9.96. The topological polar surface area (TPSA) is 40.6 Å². The predicted octanol–water partition coefficient (Wildman–Crippen LogP) is 6.81. The average molecular weight is 493 g/mol. The first-order chi connectivity index (χ1) is 16.8. The van der Waals surface area contributed by atoms with Crippen molar-refractivity contribution in [3.8, 4) is 0 Å². The Morgan fingerprint density at radius 1 is 0.686 bits per heavy atom. The van der Waals surface area contributed by atoms with Crippen LogP contribution in [0.15, 0.2) is 71.6 Å². The zero-order valence-electron chi connectivity index (χ0n) is 22.1. The van der Waals surface area contributed by atoms with Crippen LogP contribution in [-0.2, 0) is 16.3 Å². The monoisotopic (exact) mass is 492 g/mol. The third-order valence-electron chi connectivity index (χ3n) is 6.90. The maximum Gasteiger partial charge on any atom is 0.189 e. The van der Waals surface area contributed by atoms with Gasteiger partial charge in [-0.15, -0.1) is 0 Å². The number of nitrogens with zero attached hydrogens (tertiary/aromatic N) is 2. The van der Waals surface area contributed by atoms with Crippen LogP contribution >= 0.6 is 0 Å². The van der Waals surface area contributed by atoms with Crippen LogP contribution in [-0.4, -0.2) is 34.6 Å². The van der Waals surface area contributed by atoms with Crippen LogP contribution in [0.1, 0.15) is 62.1 Å². The van der Waals surface area contributed by atoms with Crippen LogP contribution < -0.4 is 9.80 Å². The lowest BCUT2D eigenvalue weighted by Gasteiger charge is -2.26. The molecule has 1 atom stereocenters. The highest BCUT2D eigenvalue weighted by atomic mass is 32.2. The van der Waals surface area contributed by atoms with Crippen LogP contribution in [0.5, 0.6) is 0 Å². The molecule has 0 spiro atoms. The quantitative estimate of drug-likeness (QED) is 0.295. The summed E-state index contributed by atoms with van der Waals surface area (Å²) in [6.45, 7) is 16.3. The summed E-state index contributed by atoms with van der Waals surface area (Å²) in [5, 5.41) is -0.767. The molecule has 0 heterocycles. The van der Waals surface area contributed by atoms with Crippen LogP contribution in [0.4, 0.5) is 11.4 Å². The van der Waals surface area contributed by atoms with Gasteiger partial charge in [-0.1, -0.05) is 42.8 Å². The van der Waals surface area contributed by atoms with Gasteiger partial charge in [0, 0.05) is 37.6 Å². The minimum absolute atomic E-state index is 0.357. The largest absolute Gasteiger partial charge is 0.372 e. The number of sulfone groups is 1. The number of rotatable bonds is 11. The summed E-state index contributed by atoms with van der Waals surface area (Å²) in [6.07, 6.45) is 0.766. The van der Waals surface area contributed by atoms with E-state index in [1.807, 2.05) is 37.3 Å². The van der Waals surface area contributed by atoms with Gasteiger partial charge in [0.05, 0.1) is 4.90 Å². The van der Waals surface area contributed by atoms with Gasteiger partial charge in [0.2, 0.25) is 0 Å². The van der Waals surface area contributed by atoms with E-state index in [1.54, 1.807) is 12.1 Å². The number of anilines is 2. The molecule has 0 radical (unpaired) electrons. The van der Waals surface area contributed by atoms with Gasteiger partial charge in [-0.3, -0.25) is 0 Å². The first-order valence-corrected chi connectivity index (χ1v) is 14.4. The third-order valence-corrected chi connectivity index (χ3v) is 8.98. The number of hydrogen-bond donors (Lipinski definition) is 0. The van der Waals surface area contributed by atoms with Gasteiger partial charge in [0.25, 0.3) is 0 Å². The summed E-state index contributed by atoms with van der Waals surface area (Å²) in [7, 11) is -3.67. The molecule has 35 heavy (non-hydrogen) atoms. The van der Waals surface area contributed by atoms with Crippen molar-refractivity contribution in [3.05, 3.63) is 89.0 Å². The molecular weight excluding hydrogens is 452 g/mol. The van der Waals surface area contributed by atoms with Crippen molar-refractivity contribution < 1.29 is 8.42 Å². The molecule has 0 aliphatic carbocycles. The molecule has 4 nitrogen and oxygen atoms in total. The molecular formula is C30H40N2O2S. The Hall–Kier alpha value is -2.79. The Bertz CT molecular complexity index is 1190. The summed E-state index contributed by atoms with van der Waals surface area (Å²) >= 11 is 0. The fraction of sp³-hybridized carbons (Fsp3) is 0.400. The van der Waals surface area contributed by atoms with Crippen molar-refractivity contribution in [3.63, 3.8) is 0 Å². The summed E-state index contributed by atoms with van der Waals surface area (Å²) < 4.78 is 28.3. The molecule has 3 aromatic carbocycles. The molecule has 0 saturated heterocycles. The summed E-state index contributed by atoms with van der Waals surface area (Å²) in [5.41, 5.74) is 6.02. The zero-order chi connectivity index (χ0) is 25.6. The fourth-order valence-electron chi connectivity index (χ4n) is 4.78. The van der Waals surface area contributed by atoms with E-state index in [4.69, 9.17) is 0 Å². The lowest BCUT2D eigenvalue weighted by Crippen LogP contribution is -2.23. The maximum absolute atomic E-state index is 14.2. The highest BCUT2D eigenvalue weighted by molar-refractivity contribution is 7.92. The van der Waals surface area contributed by atoms with Crippen molar-refractivity contribution in [2.75, 3.05) is 36.0 Å². The van der Waals surface area contributed by atoms with Gasteiger partial charge in [0.15, 0.2) is 9.84 Å². The molecule has 0 saturated carbocycles. The van der Waals surface area contributed by atoms with Crippen LogP contribution in [0.2, 0.25) is 0 Å². The number of aryl methyl sites for hydroxylation is 2. The molecule has 3 rings (SSSR count). The number of benzene rings is 3. The van der Waals surface area contributed by atoms with Gasteiger partial charge in [-0.25, -0.2) is 8.42 Å². The van der Waals surface area contributed by atoms with Crippen molar-refractivity contribution >= 4 is 21.2 Å². The molecule has 3 aromatic rings. The van der Waals surface area contributed by atoms with Gasteiger partial charge >= 0.3 is 0 Å². The van der Waals surface area contributed by atoms with E-state index in [2.05, 4.69) is 68.7 Å². The highest BCUT2D eigenvalue weighted by Crippen LogP contribution is 2.39. The minimum Gasteiger partial charge on any atom is -0.372 e. The Balaban J connectivity index is 2.20. The van der Waals surface area contributed by atoms with E-state index < -0.39 is 15.1 Å². The second kappa shape index (κ2) is 11.8. The predicted molar refractivity (Wildman–Crippen MR) is 150 cm³/mol. The van der Waals surface area contributed by atoms with Crippen molar-refractivity contribution in [1.29, 1.82) is 0 Å². The minimum atomic E-state index is -3.67. The molecule has 0 fully saturated rings. The van der Waals surface area contributed by atoms with E-state index in [0.717, 1.165) is 66.2 Å². The van der Waals surface area contributed by atoms with E-state index in [1.165, 1.54) is 0 Å². The van der Waals surface area contributed by atoms with Gasteiger partial charge in [-0.05, 0) is 94.1 Å². The van der Waals surface area contributed by atoms with E-state index in [0.29, 0.717) is 4.90 Å². The summed E-state index contributed by atoms with van der Waals surface area (Å²) in [6, 6.07) is 21.6. The first-order valence-electron chi connectivity index (χ1n) is 12.8. The second-order valence-corrected chi connectivity index (χ2v) is 10.9. The molecule has 0 aliphatic heterocycles. The SMILES string of the molecule is CCc1cc(N(CC)CC)ccc1C(c1ccc(N(CC)CC)cc1)S(=O)(=O)c1ccc(C)cc1. The summed E-state index contributed by atoms with van der Waals surface area (Å²) in [4.78, 5) is 4.92. The van der Waals surface area contributed by atoms with Crippen molar-refractivity contribution in [1.82, 2.24) is 0 Å². The van der Waals surface area contributed by atoms with Gasteiger partial charge in [-0.2, -0.15) is 0 Å². The molecule has 0 aliphatic rings. The van der Waals surface area contributed by atoms with Crippen LogP contribution in [0, 0.1) is 6.92 Å². The summed E-state index contributed by atoms with van der Waals surface area (Å²) in [5.74, 6) is 0. The Kier molecular flexibility index (Phi) is 9.01. The lowest BCUT2D eigenvalue weighted by molar-refractivity contribution is 0.588. The van der Waals surface area contributed by atoms with Gasteiger partial charge in [0.1, 0.15) is 5.25 Å². The first kappa shape index (κ1) is 26.8. The van der Waals surface area contributed by atoms with Gasteiger partial charge < -0.3 is 9.80 Å². The molecule has 0 amide bonds. The normalized spacial score (nSPS) is 12.4.